The maximum atomic E-state index is 9.11. The number of imidazole rings is 1. The maximum Gasteiger partial charge on any atom is 0.206 e. The topological polar surface area (TPSA) is 53.8 Å². The maximum absolute atomic E-state index is 9.11. The lowest BCUT2D eigenvalue weighted by Gasteiger charge is -2.35. The number of para-hydroxylation sites is 1. The van der Waals surface area contributed by atoms with Gasteiger partial charge in [-0.1, -0.05) is 12.1 Å². The van der Waals surface area contributed by atoms with E-state index in [1.165, 1.54) is 11.1 Å². The highest BCUT2D eigenvalue weighted by atomic mass is 16.5. The van der Waals surface area contributed by atoms with Crippen molar-refractivity contribution in [1.82, 2.24) is 14.5 Å². The Hall–Kier alpha value is -1.63. The van der Waals surface area contributed by atoms with Crippen molar-refractivity contribution in [3.8, 4) is 0 Å². The summed E-state index contributed by atoms with van der Waals surface area (Å²) in [5.41, 5.74) is 3.48. The summed E-state index contributed by atoms with van der Waals surface area (Å²) in [5.74, 6) is 1.04. The van der Waals surface area contributed by atoms with E-state index in [2.05, 4.69) is 39.5 Å². The molecule has 1 aliphatic heterocycles. The van der Waals surface area contributed by atoms with Crippen LogP contribution in [0.4, 0.5) is 5.95 Å². The molecule has 0 radical (unpaired) electrons. The van der Waals surface area contributed by atoms with Gasteiger partial charge in [0.2, 0.25) is 5.95 Å². The molecule has 0 amide bonds. The molecule has 6 nitrogen and oxygen atoms in total. The first kappa shape index (κ1) is 17.2. The summed E-state index contributed by atoms with van der Waals surface area (Å²) in [4.78, 5) is 9.61. The zero-order valence-corrected chi connectivity index (χ0v) is 14.7. The fourth-order valence-electron chi connectivity index (χ4n) is 3.35. The van der Waals surface area contributed by atoms with E-state index in [1.807, 2.05) is 6.92 Å². The molecule has 2 aromatic rings. The summed E-state index contributed by atoms with van der Waals surface area (Å²) in [6.07, 6.45) is 0. The number of anilines is 1. The fourth-order valence-corrected chi connectivity index (χ4v) is 3.35. The number of benzene rings is 1. The van der Waals surface area contributed by atoms with E-state index in [0.717, 1.165) is 57.3 Å². The van der Waals surface area contributed by atoms with Gasteiger partial charge in [-0.15, -0.1) is 0 Å². The van der Waals surface area contributed by atoms with Gasteiger partial charge >= 0.3 is 0 Å². The first-order valence-corrected chi connectivity index (χ1v) is 8.86. The Balaban J connectivity index is 1.86. The van der Waals surface area contributed by atoms with Crippen molar-refractivity contribution in [1.29, 1.82) is 0 Å². The molecule has 24 heavy (non-hydrogen) atoms. The average Bonchev–Trinajstić information content (AvgIpc) is 2.96. The number of piperazine rings is 1. The van der Waals surface area contributed by atoms with Crippen LogP contribution in [0.3, 0.4) is 0 Å². The molecule has 3 rings (SSSR count). The van der Waals surface area contributed by atoms with Crippen LogP contribution in [-0.4, -0.2) is 72.1 Å². The second kappa shape index (κ2) is 7.96. The number of hydrogen-bond acceptors (Lipinski definition) is 5. The van der Waals surface area contributed by atoms with Crippen LogP contribution in [0.5, 0.6) is 0 Å². The number of rotatable bonds is 7. The first-order chi connectivity index (χ1) is 11.7. The number of aryl methyl sites for hydroxylation is 1. The van der Waals surface area contributed by atoms with Crippen LogP contribution >= 0.6 is 0 Å². The van der Waals surface area contributed by atoms with Crippen LogP contribution in [0.2, 0.25) is 0 Å². The molecule has 0 atom stereocenters. The molecule has 1 N–H and O–H groups in total. The molecule has 2 heterocycles. The monoisotopic (exact) mass is 332 g/mol. The number of hydrogen-bond donors (Lipinski definition) is 1. The summed E-state index contributed by atoms with van der Waals surface area (Å²) < 4.78 is 7.87. The summed E-state index contributed by atoms with van der Waals surface area (Å²) in [6, 6.07) is 6.36. The molecule has 0 bridgehead atoms. The number of nitrogens with zero attached hydrogens (tertiary/aromatic N) is 4. The molecule has 6 heteroatoms. The highest BCUT2D eigenvalue weighted by Crippen LogP contribution is 2.25. The molecule has 1 fully saturated rings. The number of aliphatic hydroxyl groups excluding tert-OH is 1. The van der Waals surface area contributed by atoms with Crippen LogP contribution in [0.1, 0.15) is 12.5 Å². The van der Waals surface area contributed by atoms with E-state index in [4.69, 9.17) is 14.8 Å². The minimum Gasteiger partial charge on any atom is -0.395 e. The van der Waals surface area contributed by atoms with Gasteiger partial charge in [0.25, 0.3) is 0 Å². The smallest absolute Gasteiger partial charge is 0.206 e. The molecular formula is C18H28N4O2. The minimum atomic E-state index is 0.228. The molecule has 0 aliphatic carbocycles. The first-order valence-electron chi connectivity index (χ1n) is 8.86. The summed E-state index contributed by atoms with van der Waals surface area (Å²) in [6.45, 7) is 11.2. The van der Waals surface area contributed by atoms with Crippen molar-refractivity contribution in [2.45, 2.75) is 20.4 Å². The number of aromatic nitrogens is 2. The van der Waals surface area contributed by atoms with Gasteiger partial charge in [-0.2, -0.15) is 0 Å². The van der Waals surface area contributed by atoms with Crippen molar-refractivity contribution in [2.75, 3.05) is 57.4 Å². The Morgan fingerprint density at radius 3 is 2.67 bits per heavy atom. The summed E-state index contributed by atoms with van der Waals surface area (Å²) in [5, 5.41) is 9.11. The zero-order valence-electron chi connectivity index (χ0n) is 14.7. The Labute approximate surface area is 143 Å². The molecule has 1 aromatic carbocycles. The quantitative estimate of drug-likeness (QED) is 0.779. The predicted octanol–water partition coefficient (Wildman–Crippen LogP) is 1.50. The Bertz CT molecular complexity index is 662. The van der Waals surface area contributed by atoms with Crippen molar-refractivity contribution >= 4 is 17.0 Å². The predicted molar refractivity (Wildman–Crippen MR) is 96.7 cm³/mol. The van der Waals surface area contributed by atoms with Gasteiger partial charge in [0, 0.05) is 45.9 Å². The zero-order chi connectivity index (χ0) is 16.9. The molecule has 0 unspecified atom stereocenters. The molecule has 1 saturated heterocycles. The van der Waals surface area contributed by atoms with Crippen LogP contribution in [-0.2, 0) is 11.3 Å². The van der Waals surface area contributed by atoms with Crippen molar-refractivity contribution in [3.63, 3.8) is 0 Å². The van der Waals surface area contributed by atoms with Gasteiger partial charge in [0.05, 0.1) is 24.2 Å². The number of fused-ring (bicyclic) bond motifs is 1. The molecule has 1 aliphatic rings. The van der Waals surface area contributed by atoms with E-state index in [9.17, 15) is 0 Å². The second-order valence-electron chi connectivity index (χ2n) is 6.26. The van der Waals surface area contributed by atoms with E-state index in [-0.39, 0.29) is 6.61 Å². The van der Waals surface area contributed by atoms with E-state index in [1.54, 1.807) is 0 Å². The Kier molecular flexibility index (Phi) is 5.71. The number of ether oxygens (including phenoxy) is 1. The lowest BCUT2D eigenvalue weighted by molar-refractivity contribution is 0.139. The SMILES string of the molecule is CCOCCn1c(N2CCN(CCO)CC2)nc2c(C)cccc21. The van der Waals surface area contributed by atoms with Crippen molar-refractivity contribution in [2.24, 2.45) is 0 Å². The van der Waals surface area contributed by atoms with E-state index < -0.39 is 0 Å². The molecule has 0 saturated carbocycles. The van der Waals surface area contributed by atoms with Crippen molar-refractivity contribution in [3.05, 3.63) is 23.8 Å². The van der Waals surface area contributed by atoms with Crippen LogP contribution in [0.15, 0.2) is 18.2 Å². The third-order valence-electron chi connectivity index (χ3n) is 4.70. The Morgan fingerprint density at radius 1 is 1.17 bits per heavy atom. The lowest BCUT2D eigenvalue weighted by atomic mass is 10.2. The van der Waals surface area contributed by atoms with Crippen LogP contribution in [0.25, 0.3) is 11.0 Å². The van der Waals surface area contributed by atoms with Gasteiger partial charge in [0.1, 0.15) is 0 Å². The highest BCUT2D eigenvalue weighted by Gasteiger charge is 2.22. The normalized spacial score (nSPS) is 16.2. The summed E-state index contributed by atoms with van der Waals surface area (Å²) >= 11 is 0. The van der Waals surface area contributed by atoms with Gasteiger partial charge in [-0.25, -0.2) is 4.98 Å². The lowest BCUT2D eigenvalue weighted by Crippen LogP contribution is -2.48. The van der Waals surface area contributed by atoms with Gasteiger partial charge in [0.15, 0.2) is 0 Å². The van der Waals surface area contributed by atoms with Crippen molar-refractivity contribution < 1.29 is 9.84 Å². The average molecular weight is 332 g/mol. The standard InChI is InChI=1S/C18H28N4O2/c1-3-24-14-12-22-16-6-4-5-15(2)17(16)19-18(22)21-9-7-20(8-10-21)11-13-23/h4-6,23H,3,7-14H2,1-2H3. The number of β-amino-alcohol motifs (C(OH)–C–C–N with tert-alkyl or cyclic N) is 1. The third-order valence-corrected chi connectivity index (χ3v) is 4.70. The van der Waals surface area contributed by atoms with Crippen LogP contribution < -0.4 is 4.90 Å². The minimum absolute atomic E-state index is 0.228. The fraction of sp³-hybridized carbons (Fsp3) is 0.611. The van der Waals surface area contributed by atoms with Gasteiger partial charge in [-0.3, -0.25) is 4.90 Å². The molecule has 132 valence electrons. The van der Waals surface area contributed by atoms with E-state index in [0.29, 0.717) is 6.61 Å². The summed E-state index contributed by atoms with van der Waals surface area (Å²) in [7, 11) is 0. The van der Waals surface area contributed by atoms with E-state index >= 15 is 0 Å². The van der Waals surface area contributed by atoms with Gasteiger partial charge < -0.3 is 19.3 Å². The Morgan fingerprint density at radius 2 is 1.96 bits per heavy atom. The third kappa shape index (κ3) is 3.55. The number of aliphatic hydroxyl groups is 1. The van der Waals surface area contributed by atoms with Gasteiger partial charge in [-0.05, 0) is 25.5 Å². The highest BCUT2D eigenvalue weighted by molar-refractivity contribution is 5.82. The second-order valence-corrected chi connectivity index (χ2v) is 6.26. The van der Waals surface area contributed by atoms with Crippen LogP contribution in [0, 0.1) is 6.92 Å². The molecule has 1 aromatic heterocycles. The molecule has 0 spiro atoms. The largest absolute Gasteiger partial charge is 0.395 e. The molecular weight excluding hydrogens is 304 g/mol.